The zero-order valence-electron chi connectivity index (χ0n) is 10.0. The van der Waals surface area contributed by atoms with Gasteiger partial charge >= 0.3 is 0 Å². The molecule has 1 heterocycles. The Morgan fingerprint density at radius 3 is 2.89 bits per heavy atom. The van der Waals surface area contributed by atoms with Crippen LogP contribution in [0.25, 0.3) is 5.69 Å². The Kier molecular flexibility index (Phi) is 4.58. The first-order chi connectivity index (χ1) is 8.70. The van der Waals surface area contributed by atoms with Gasteiger partial charge in [0.05, 0.1) is 22.6 Å². The van der Waals surface area contributed by atoms with Crippen molar-refractivity contribution in [3.05, 3.63) is 40.1 Å². The van der Waals surface area contributed by atoms with Crippen molar-refractivity contribution in [3.8, 4) is 5.69 Å². The Bertz CT molecular complexity index is 525. The number of halogens is 2. The fourth-order valence-electron chi connectivity index (χ4n) is 1.56. The van der Waals surface area contributed by atoms with E-state index in [4.69, 9.17) is 23.2 Å². The molecule has 0 amide bonds. The van der Waals surface area contributed by atoms with Crippen LogP contribution in [0, 0.1) is 0 Å². The quantitative estimate of drug-likeness (QED) is 0.858. The molecule has 18 heavy (non-hydrogen) atoms. The first-order valence-electron chi connectivity index (χ1n) is 5.78. The molecular formula is C12H14Cl2N4. The highest BCUT2D eigenvalue weighted by molar-refractivity contribution is 6.35. The van der Waals surface area contributed by atoms with Gasteiger partial charge in [-0.1, -0.05) is 35.3 Å². The number of nitrogens with one attached hydrogen (secondary N) is 1. The number of nitrogens with zero attached hydrogens (tertiary/aromatic N) is 3. The van der Waals surface area contributed by atoms with Crippen LogP contribution >= 0.6 is 23.2 Å². The minimum Gasteiger partial charge on any atom is -0.311 e. The Morgan fingerprint density at radius 1 is 1.33 bits per heavy atom. The predicted octanol–water partition coefficient (Wildman–Crippen LogP) is 3.07. The van der Waals surface area contributed by atoms with Crippen molar-refractivity contribution in [2.45, 2.75) is 19.9 Å². The third-order valence-electron chi connectivity index (χ3n) is 2.43. The van der Waals surface area contributed by atoms with Crippen molar-refractivity contribution < 1.29 is 0 Å². The van der Waals surface area contributed by atoms with E-state index in [2.05, 4.69) is 22.6 Å². The van der Waals surface area contributed by atoms with Crippen LogP contribution in [0.2, 0.25) is 10.0 Å². The Morgan fingerprint density at radius 2 is 2.17 bits per heavy atom. The molecule has 1 aromatic heterocycles. The van der Waals surface area contributed by atoms with Crippen LogP contribution in [0.5, 0.6) is 0 Å². The molecule has 2 rings (SSSR count). The van der Waals surface area contributed by atoms with Crippen LogP contribution in [-0.4, -0.2) is 21.5 Å². The van der Waals surface area contributed by atoms with Gasteiger partial charge in [-0.3, -0.25) is 0 Å². The molecule has 0 aliphatic heterocycles. The molecule has 2 aromatic rings. The van der Waals surface area contributed by atoms with Crippen molar-refractivity contribution in [1.82, 2.24) is 20.3 Å². The topological polar surface area (TPSA) is 42.7 Å². The van der Waals surface area contributed by atoms with E-state index in [0.29, 0.717) is 16.6 Å². The van der Waals surface area contributed by atoms with E-state index in [0.717, 1.165) is 24.3 Å². The summed E-state index contributed by atoms with van der Waals surface area (Å²) in [6, 6.07) is 5.29. The zero-order valence-corrected chi connectivity index (χ0v) is 11.5. The van der Waals surface area contributed by atoms with Crippen molar-refractivity contribution in [3.63, 3.8) is 0 Å². The highest BCUT2D eigenvalue weighted by Crippen LogP contribution is 2.23. The molecule has 0 saturated heterocycles. The second kappa shape index (κ2) is 6.18. The SMILES string of the molecule is CCCNCc1cn(-c2ccc(Cl)cc2Cl)nn1. The molecule has 0 spiro atoms. The molecule has 0 radical (unpaired) electrons. The van der Waals surface area contributed by atoms with Crippen LogP contribution in [0.1, 0.15) is 19.0 Å². The fraction of sp³-hybridized carbons (Fsp3) is 0.333. The molecule has 96 valence electrons. The van der Waals surface area contributed by atoms with Gasteiger partial charge in [0.15, 0.2) is 0 Å². The molecule has 0 atom stereocenters. The molecule has 0 saturated carbocycles. The van der Waals surface area contributed by atoms with Crippen molar-refractivity contribution in [1.29, 1.82) is 0 Å². The van der Waals surface area contributed by atoms with E-state index in [1.54, 1.807) is 16.8 Å². The van der Waals surface area contributed by atoms with E-state index in [1.165, 1.54) is 0 Å². The minimum atomic E-state index is 0.556. The molecule has 0 fully saturated rings. The number of benzene rings is 1. The number of hydrogen-bond acceptors (Lipinski definition) is 3. The summed E-state index contributed by atoms with van der Waals surface area (Å²) in [7, 11) is 0. The van der Waals surface area contributed by atoms with Crippen molar-refractivity contribution in [2.75, 3.05) is 6.54 Å². The summed E-state index contributed by atoms with van der Waals surface area (Å²) >= 11 is 12.0. The monoisotopic (exact) mass is 284 g/mol. The summed E-state index contributed by atoms with van der Waals surface area (Å²) in [4.78, 5) is 0. The van der Waals surface area contributed by atoms with Crippen LogP contribution in [-0.2, 0) is 6.54 Å². The summed E-state index contributed by atoms with van der Waals surface area (Å²) in [5, 5.41) is 12.6. The van der Waals surface area contributed by atoms with E-state index in [1.807, 2.05) is 12.3 Å². The Hall–Kier alpha value is -1.10. The highest BCUT2D eigenvalue weighted by Gasteiger charge is 2.06. The average molecular weight is 285 g/mol. The molecule has 0 bridgehead atoms. The molecule has 6 heteroatoms. The van der Waals surface area contributed by atoms with E-state index < -0.39 is 0 Å². The van der Waals surface area contributed by atoms with Crippen molar-refractivity contribution in [2.24, 2.45) is 0 Å². The third-order valence-corrected chi connectivity index (χ3v) is 2.97. The van der Waals surface area contributed by atoms with Gasteiger partial charge in [0.25, 0.3) is 0 Å². The minimum absolute atomic E-state index is 0.556. The lowest BCUT2D eigenvalue weighted by Crippen LogP contribution is -2.13. The highest BCUT2D eigenvalue weighted by atomic mass is 35.5. The van der Waals surface area contributed by atoms with Gasteiger partial charge in [-0.25, -0.2) is 4.68 Å². The van der Waals surface area contributed by atoms with Gasteiger partial charge < -0.3 is 5.32 Å². The standard InChI is InChI=1S/C12H14Cl2N4/c1-2-5-15-7-10-8-18(17-16-10)12-4-3-9(13)6-11(12)14/h3-4,6,8,15H,2,5,7H2,1H3. The summed E-state index contributed by atoms with van der Waals surface area (Å²) in [5.74, 6) is 0. The summed E-state index contributed by atoms with van der Waals surface area (Å²) in [5.41, 5.74) is 1.66. The second-order valence-electron chi connectivity index (χ2n) is 3.93. The number of hydrogen-bond donors (Lipinski definition) is 1. The predicted molar refractivity (Wildman–Crippen MR) is 73.4 cm³/mol. The van der Waals surface area contributed by atoms with Crippen LogP contribution in [0.3, 0.4) is 0 Å². The zero-order chi connectivity index (χ0) is 13.0. The Labute approximate surface area is 116 Å². The summed E-state index contributed by atoms with van der Waals surface area (Å²) in [6.45, 7) is 3.80. The lowest BCUT2D eigenvalue weighted by molar-refractivity contribution is 0.662. The maximum atomic E-state index is 6.11. The van der Waals surface area contributed by atoms with Gasteiger partial charge in [-0.05, 0) is 31.2 Å². The summed E-state index contributed by atoms with van der Waals surface area (Å²) in [6.07, 6.45) is 2.95. The maximum Gasteiger partial charge on any atom is 0.0969 e. The average Bonchev–Trinajstić information content (AvgIpc) is 2.78. The number of rotatable bonds is 5. The van der Waals surface area contributed by atoms with Crippen LogP contribution < -0.4 is 5.32 Å². The first kappa shape index (κ1) is 13.3. The number of aromatic nitrogens is 3. The molecule has 1 N–H and O–H groups in total. The molecule has 4 nitrogen and oxygen atoms in total. The maximum absolute atomic E-state index is 6.11. The normalized spacial score (nSPS) is 10.8. The molecular weight excluding hydrogens is 271 g/mol. The van der Waals surface area contributed by atoms with E-state index in [9.17, 15) is 0 Å². The van der Waals surface area contributed by atoms with Crippen LogP contribution in [0.4, 0.5) is 0 Å². The molecule has 1 aromatic carbocycles. The van der Waals surface area contributed by atoms with Gasteiger partial charge in [0.1, 0.15) is 0 Å². The van der Waals surface area contributed by atoms with Crippen molar-refractivity contribution >= 4 is 23.2 Å². The molecule has 0 aliphatic carbocycles. The second-order valence-corrected chi connectivity index (χ2v) is 4.77. The molecule has 0 aliphatic rings. The van der Waals surface area contributed by atoms with Gasteiger partial charge in [0.2, 0.25) is 0 Å². The fourth-order valence-corrected chi connectivity index (χ4v) is 2.05. The van der Waals surface area contributed by atoms with E-state index >= 15 is 0 Å². The van der Waals surface area contributed by atoms with Crippen LogP contribution in [0.15, 0.2) is 24.4 Å². The smallest absolute Gasteiger partial charge is 0.0969 e. The van der Waals surface area contributed by atoms with Gasteiger partial charge in [-0.15, -0.1) is 5.10 Å². The lowest BCUT2D eigenvalue weighted by atomic mass is 10.3. The Balaban J connectivity index is 2.13. The van der Waals surface area contributed by atoms with Gasteiger partial charge in [0, 0.05) is 11.6 Å². The van der Waals surface area contributed by atoms with E-state index in [-0.39, 0.29) is 0 Å². The largest absolute Gasteiger partial charge is 0.311 e. The lowest BCUT2D eigenvalue weighted by Gasteiger charge is -2.03. The summed E-state index contributed by atoms with van der Waals surface area (Å²) < 4.78 is 1.65. The third kappa shape index (κ3) is 3.22. The molecule has 0 unspecified atom stereocenters. The first-order valence-corrected chi connectivity index (χ1v) is 6.53. The van der Waals surface area contributed by atoms with Gasteiger partial charge in [-0.2, -0.15) is 0 Å².